The lowest BCUT2D eigenvalue weighted by molar-refractivity contribution is 0.446. The highest BCUT2D eigenvalue weighted by Crippen LogP contribution is 2.25. The van der Waals surface area contributed by atoms with Crippen LogP contribution in [0, 0.1) is 0 Å². The van der Waals surface area contributed by atoms with Crippen molar-refractivity contribution in [3.63, 3.8) is 0 Å². The van der Waals surface area contributed by atoms with Crippen molar-refractivity contribution < 1.29 is 4.74 Å². The summed E-state index contributed by atoms with van der Waals surface area (Å²) < 4.78 is 5.91. The van der Waals surface area contributed by atoms with Crippen molar-refractivity contribution in [1.29, 1.82) is 0 Å². The first-order valence-corrected chi connectivity index (χ1v) is 8.98. The number of imidazole rings is 1. The molecule has 3 heterocycles. The molecular formula is C23H16N4O. The highest BCUT2D eigenvalue weighted by molar-refractivity contribution is 5.78. The summed E-state index contributed by atoms with van der Waals surface area (Å²) >= 11 is 0. The number of H-pyrrole nitrogens is 1. The third-order valence-electron chi connectivity index (χ3n) is 4.36. The summed E-state index contributed by atoms with van der Waals surface area (Å²) in [5, 5.41) is 0. The Morgan fingerprint density at radius 3 is 2.04 bits per heavy atom. The van der Waals surface area contributed by atoms with Crippen LogP contribution < -0.4 is 4.74 Å². The molecule has 0 amide bonds. The van der Waals surface area contributed by atoms with Crippen LogP contribution in [0.4, 0.5) is 0 Å². The summed E-state index contributed by atoms with van der Waals surface area (Å²) in [5.74, 6) is 1.67. The molecule has 3 aromatic heterocycles. The summed E-state index contributed by atoms with van der Waals surface area (Å²) in [6.45, 7) is 0. The summed E-state index contributed by atoms with van der Waals surface area (Å²) in [6.07, 6.45) is 0. The summed E-state index contributed by atoms with van der Waals surface area (Å²) in [4.78, 5) is 17.1. The van der Waals surface area contributed by atoms with Gasteiger partial charge in [-0.1, -0.05) is 54.6 Å². The Bertz CT molecular complexity index is 1210. The molecule has 1 N–H and O–H groups in total. The smallest absolute Gasteiger partial charge is 0.221 e. The number of aromatic amines is 1. The van der Waals surface area contributed by atoms with E-state index in [0.717, 1.165) is 22.3 Å². The van der Waals surface area contributed by atoms with Gasteiger partial charge >= 0.3 is 0 Å². The zero-order valence-corrected chi connectivity index (χ0v) is 14.9. The number of nitrogens with zero attached hydrogens (tertiary/aromatic N) is 3. The van der Waals surface area contributed by atoms with Crippen molar-refractivity contribution >= 4 is 11.0 Å². The molecule has 0 saturated carbocycles. The zero-order chi connectivity index (χ0) is 18.8. The number of rotatable bonds is 4. The number of hydrogen-bond acceptors (Lipinski definition) is 4. The summed E-state index contributed by atoms with van der Waals surface area (Å²) in [6, 6.07) is 29.2. The standard InChI is InChI=1S/C23H16N4O/c1-2-8-16(9-3-1)17-12-6-14-21(24-17)28-22-15-7-13-20(25-22)23-26-18-10-4-5-11-19(18)27-23/h1-15H,(H,26,27). The quantitative estimate of drug-likeness (QED) is 0.459. The number of nitrogens with one attached hydrogen (secondary N) is 1. The van der Waals surface area contributed by atoms with Gasteiger partial charge in [-0.15, -0.1) is 0 Å². The third kappa shape index (κ3) is 3.21. The van der Waals surface area contributed by atoms with Crippen LogP contribution in [0.1, 0.15) is 0 Å². The van der Waals surface area contributed by atoms with Gasteiger partial charge in [0.1, 0.15) is 5.69 Å². The van der Waals surface area contributed by atoms with Crippen molar-refractivity contribution in [3.05, 3.63) is 91.0 Å². The van der Waals surface area contributed by atoms with Gasteiger partial charge in [0.15, 0.2) is 5.82 Å². The number of hydrogen-bond donors (Lipinski definition) is 1. The first kappa shape index (κ1) is 16.2. The SMILES string of the molecule is c1ccc(-c2cccc(Oc3cccc(-c4nc5ccccc5[nH]4)n3)n2)cc1. The van der Waals surface area contributed by atoms with Crippen molar-refractivity contribution in [3.8, 4) is 34.5 Å². The van der Waals surface area contributed by atoms with Gasteiger partial charge in [0.2, 0.25) is 11.8 Å². The van der Waals surface area contributed by atoms with E-state index in [1.54, 1.807) is 0 Å². The van der Waals surface area contributed by atoms with E-state index in [2.05, 4.69) is 19.9 Å². The van der Waals surface area contributed by atoms with Gasteiger partial charge in [0.05, 0.1) is 16.7 Å². The molecule has 0 atom stereocenters. The van der Waals surface area contributed by atoms with Crippen molar-refractivity contribution in [2.24, 2.45) is 0 Å². The molecule has 2 aromatic carbocycles. The van der Waals surface area contributed by atoms with Gasteiger partial charge in [-0.2, -0.15) is 0 Å². The minimum atomic E-state index is 0.468. The van der Waals surface area contributed by atoms with E-state index >= 15 is 0 Å². The lowest BCUT2D eigenvalue weighted by Gasteiger charge is -2.07. The lowest BCUT2D eigenvalue weighted by Crippen LogP contribution is -1.94. The predicted molar refractivity (Wildman–Crippen MR) is 109 cm³/mol. The fourth-order valence-electron chi connectivity index (χ4n) is 3.03. The molecule has 5 aromatic rings. The Kier molecular flexibility index (Phi) is 4.03. The van der Waals surface area contributed by atoms with Crippen LogP contribution in [0.25, 0.3) is 33.8 Å². The summed E-state index contributed by atoms with van der Waals surface area (Å²) in [5.41, 5.74) is 4.49. The Hall–Kier alpha value is -3.99. The fourth-order valence-corrected chi connectivity index (χ4v) is 3.03. The average Bonchev–Trinajstić information content (AvgIpc) is 3.19. The molecule has 0 saturated heterocycles. The van der Waals surface area contributed by atoms with E-state index in [-0.39, 0.29) is 0 Å². The van der Waals surface area contributed by atoms with Crippen molar-refractivity contribution in [2.45, 2.75) is 0 Å². The van der Waals surface area contributed by atoms with E-state index in [1.807, 2.05) is 91.0 Å². The van der Waals surface area contributed by atoms with Crippen LogP contribution in [-0.2, 0) is 0 Å². The van der Waals surface area contributed by atoms with Crippen LogP contribution >= 0.6 is 0 Å². The fraction of sp³-hybridized carbons (Fsp3) is 0. The maximum atomic E-state index is 5.91. The Morgan fingerprint density at radius 1 is 0.571 bits per heavy atom. The highest BCUT2D eigenvalue weighted by atomic mass is 16.5. The Labute approximate surface area is 161 Å². The second-order valence-corrected chi connectivity index (χ2v) is 6.29. The molecule has 0 unspecified atom stereocenters. The highest BCUT2D eigenvalue weighted by Gasteiger charge is 2.09. The van der Waals surface area contributed by atoms with E-state index in [9.17, 15) is 0 Å². The Balaban J connectivity index is 1.44. The molecule has 5 heteroatoms. The van der Waals surface area contributed by atoms with Crippen LogP contribution in [0.5, 0.6) is 11.8 Å². The molecule has 0 aliphatic heterocycles. The number of para-hydroxylation sites is 2. The monoisotopic (exact) mass is 364 g/mol. The molecule has 28 heavy (non-hydrogen) atoms. The molecule has 0 aliphatic rings. The van der Waals surface area contributed by atoms with E-state index in [4.69, 9.17) is 4.74 Å². The first-order valence-electron chi connectivity index (χ1n) is 8.98. The van der Waals surface area contributed by atoms with Gasteiger partial charge in [0, 0.05) is 17.7 Å². The summed E-state index contributed by atoms with van der Waals surface area (Å²) in [7, 11) is 0. The van der Waals surface area contributed by atoms with Gasteiger partial charge in [-0.05, 0) is 24.3 Å². The van der Waals surface area contributed by atoms with Gasteiger partial charge in [-0.3, -0.25) is 0 Å². The van der Waals surface area contributed by atoms with Crippen LogP contribution in [0.15, 0.2) is 91.0 Å². The zero-order valence-electron chi connectivity index (χ0n) is 14.9. The van der Waals surface area contributed by atoms with E-state index < -0.39 is 0 Å². The number of ether oxygens (including phenoxy) is 1. The minimum Gasteiger partial charge on any atom is -0.421 e. The van der Waals surface area contributed by atoms with Gasteiger partial charge < -0.3 is 9.72 Å². The maximum Gasteiger partial charge on any atom is 0.221 e. The molecule has 0 fully saturated rings. The van der Waals surface area contributed by atoms with E-state index in [1.165, 1.54) is 0 Å². The molecular weight excluding hydrogens is 348 g/mol. The molecule has 134 valence electrons. The minimum absolute atomic E-state index is 0.468. The largest absolute Gasteiger partial charge is 0.421 e. The molecule has 5 rings (SSSR count). The number of benzene rings is 2. The van der Waals surface area contributed by atoms with Crippen LogP contribution in [0.3, 0.4) is 0 Å². The number of fused-ring (bicyclic) bond motifs is 1. The first-order chi connectivity index (χ1) is 13.8. The number of pyridine rings is 2. The van der Waals surface area contributed by atoms with Crippen LogP contribution in [-0.4, -0.2) is 19.9 Å². The third-order valence-corrected chi connectivity index (χ3v) is 4.36. The average molecular weight is 364 g/mol. The molecule has 0 radical (unpaired) electrons. The molecule has 0 spiro atoms. The van der Waals surface area contributed by atoms with Crippen molar-refractivity contribution in [1.82, 2.24) is 19.9 Å². The molecule has 0 bridgehead atoms. The second-order valence-electron chi connectivity index (χ2n) is 6.29. The molecule has 0 aliphatic carbocycles. The normalized spacial score (nSPS) is 10.9. The van der Waals surface area contributed by atoms with Gasteiger partial charge in [-0.25, -0.2) is 15.0 Å². The topological polar surface area (TPSA) is 63.7 Å². The van der Waals surface area contributed by atoms with Gasteiger partial charge in [0.25, 0.3) is 0 Å². The predicted octanol–water partition coefficient (Wildman–Crippen LogP) is 5.48. The second kappa shape index (κ2) is 6.96. The lowest BCUT2D eigenvalue weighted by atomic mass is 10.1. The Morgan fingerprint density at radius 2 is 1.25 bits per heavy atom. The van der Waals surface area contributed by atoms with E-state index in [0.29, 0.717) is 23.3 Å². The molecule has 5 nitrogen and oxygen atoms in total. The van der Waals surface area contributed by atoms with Crippen molar-refractivity contribution in [2.75, 3.05) is 0 Å². The van der Waals surface area contributed by atoms with Crippen LogP contribution in [0.2, 0.25) is 0 Å². The maximum absolute atomic E-state index is 5.91. The number of aromatic nitrogens is 4.